The Labute approximate surface area is 98.1 Å². The number of hydrogen-bond donors (Lipinski definition) is 0. The molecular weight excluding hydrogens is 235 g/mol. The molecule has 80 valence electrons. The Hall–Kier alpha value is -0.730. The largest absolute Gasteiger partial charge is 0.469 e. The quantitative estimate of drug-likeness (QED) is 0.591. The number of rotatable bonds is 2. The van der Waals surface area contributed by atoms with Crippen molar-refractivity contribution in [1.82, 2.24) is 0 Å². The molecule has 1 aromatic rings. The molecule has 2 atom stereocenters. The molecule has 2 nitrogen and oxygen atoms in total. The molecule has 1 aliphatic rings. The van der Waals surface area contributed by atoms with E-state index in [0.29, 0.717) is 0 Å². The van der Waals surface area contributed by atoms with Gasteiger partial charge in [-0.15, -0.1) is 0 Å². The molecule has 1 aliphatic carbocycles. The second kappa shape index (κ2) is 3.69. The van der Waals surface area contributed by atoms with E-state index in [9.17, 15) is 4.79 Å². The van der Waals surface area contributed by atoms with Crippen molar-refractivity contribution in [2.45, 2.75) is 10.3 Å². The number of hydrogen-bond acceptors (Lipinski definition) is 2. The summed E-state index contributed by atoms with van der Waals surface area (Å²) >= 11 is 12.1. The van der Waals surface area contributed by atoms with Gasteiger partial charge in [0.15, 0.2) is 0 Å². The summed E-state index contributed by atoms with van der Waals surface area (Å²) in [6, 6.07) is 9.51. The van der Waals surface area contributed by atoms with Crippen LogP contribution in [-0.4, -0.2) is 17.4 Å². The number of carbonyl (C=O) groups excluding carboxylic acids is 1. The lowest BCUT2D eigenvalue weighted by Crippen LogP contribution is -2.07. The summed E-state index contributed by atoms with van der Waals surface area (Å²) < 4.78 is 3.63. The molecule has 0 aromatic heterocycles. The van der Waals surface area contributed by atoms with Crippen molar-refractivity contribution in [3.8, 4) is 0 Å². The van der Waals surface area contributed by atoms with Gasteiger partial charge in [0.05, 0.1) is 7.11 Å². The van der Waals surface area contributed by atoms with Gasteiger partial charge in [-0.2, -0.15) is 0 Å². The van der Waals surface area contributed by atoms with Crippen LogP contribution in [0.2, 0.25) is 0 Å². The molecule has 0 radical (unpaired) electrons. The van der Waals surface area contributed by atoms with E-state index in [0.717, 1.165) is 5.56 Å². The lowest BCUT2D eigenvalue weighted by atomic mass is 10.1. The minimum absolute atomic E-state index is 0.158. The number of halogens is 2. The number of benzene rings is 1. The van der Waals surface area contributed by atoms with Crippen molar-refractivity contribution in [3.63, 3.8) is 0 Å². The second-order valence-electron chi connectivity index (χ2n) is 3.56. The van der Waals surface area contributed by atoms with Crippen LogP contribution in [0.1, 0.15) is 11.5 Å². The zero-order valence-corrected chi connectivity index (χ0v) is 9.63. The van der Waals surface area contributed by atoms with Crippen molar-refractivity contribution in [1.29, 1.82) is 0 Å². The van der Waals surface area contributed by atoms with Crippen LogP contribution < -0.4 is 0 Å². The van der Waals surface area contributed by atoms with E-state index < -0.39 is 10.3 Å². The van der Waals surface area contributed by atoms with E-state index >= 15 is 0 Å². The topological polar surface area (TPSA) is 26.3 Å². The zero-order valence-electron chi connectivity index (χ0n) is 8.11. The van der Waals surface area contributed by atoms with E-state index in [-0.39, 0.29) is 11.9 Å². The lowest BCUT2D eigenvalue weighted by molar-refractivity contribution is -0.142. The molecule has 0 unspecified atom stereocenters. The van der Waals surface area contributed by atoms with Crippen LogP contribution in [0.3, 0.4) is 0 Å². The van der Waals surface area contributed by atoms with Crippen molar-refractivity contribution >= 4 is 29.2 Å². The van der Waals surface area contributed by atoms with Gasteiger partial charge >= 0.3 is 5.97 Å². The average Bonchev–Trinajstić information content (AvgIpc) is 2.82. The number of ether oxygens (including phenoxy) is 1. The maximum Gasteiger partial charge on any atom is 0.312 e. The first-order valence-electron chi connectivity index (χ1n) is 4.59. The molecular formula is C11H10Cl2O2. The average molecular weight is 245 g/mol. The van der Waals surface area contributed by atoms with Crippen molar-refractivity contribution in [3.05, 3.63) is 35.9 Å². The number of alkyl halides is 2. The maximum absolute atomic E-state index is 11.4. The predicted octanol–water partition coefficient (Wildman–Crippen LogP) is 2.75. The van der Waals surface area contributed by atoms with Gasteiger partial charge in [0, 0.05) is 5.92 Å². The van der Waals surface area contributed by atoms with Crippen LogP contribution in [0.25, 0.3) is 0 Å². The maximum atomic E-state index is 11.4. The Balaban J connectivity index is 2.23. The predicted molar refractivity (Wildman–Crippen MR) is 59.1 cm³/mol. The highest BCUT2D eigenvalue weighted by atomic mass is 35.5. The van der Waals surface area contributed by atoms with E-state index in [4.69, 9.17) is 23.2 Å². The third-order valence-electron chi connectivity index (χ3n) is 2.67. The van der Waals surface area contributed by atoms with Gasteiger partial charge < -0.3 is 4.74 Å². The minimum Gasteiger partial charge on any atom is -0.469 e. The van der Waals surface area contributed by atoms with Crippen molar-refractivity contribution < 1.29 is 9.53 Å². The normalized spacial score (nSPS) is 27.1. The lowest BCUT2D eigenvalue weighted by Gasteiger charge is -1.97. The Morgan fingerprint density at radius 1 is 1.33 bits per heavy atom. The summed E-state index contributed by atoms with van der Waals surface area (Å²) in [6.45, 7) is 0. The molecule has 0 spiro atoms. The van der Waals surface area contributed by atoms with Crippen LogP contribution in [0, 0.1) is 5.92 Å². The van der Waals surface area contributed by atoms with Crippen LogP contribution in [0.4, 0.5) is 0 Å². The number of methoxy groups -OCH3 is 1. The highest BCUT2D eigenvalue weighted by Crippen LogP contribution is 2.65. The molecule has 0 aliphatic heterocycles. The zero-order chi connectivity index (χ0) is 11.1. The highest BCUT2D eigenvalue weighted by molar-refractivity contribution is 6.53. The van der Waals surface area contributed by atoms with Crippen LogP contribution in [-0.2, 0) is 9.53 Å². The highest BCUT2D eigenvalue weighted by Gasteiger charge is 2.68. The van der Waals surface area contributed by atoms with E-state index in [2.05, 4.69) is 4.74 Å². The molecule has 2 rings (SSSR count). The Kier molecular flexibility index (Phi) is 2.65. The number of carbonyl (C=O) groups is 1. The summed E-state index contributed by atoms with van der Waals surface area (Å²) in [4.78, 5) is 11.4. The van der Waals surface area contributed by atoms with Crippen molar-refractivity contribution in [2.24, 2.45) is 5.92 Å². The van der Waals surface area contributed by atoms with Gasteiger partial charge in [-0.1, -0.05) is 53.5 Å². The van der Waals surface area contributed by atoms with Crippen LogP contribution in [0.15, 0.2) is 30.3 Å². The Morgan fingerprint density at radius 2 is 1.93 bits per heavy atom. The molecule has 1 saturated carbocycles. The van der Waals surface area contributed by atoms with Gasteiger partial charge in [0.25, 0.3) is 0 Å². The minimum atomic E-state index is -1.02. The van der Waals surface area contributed by atoms with Gasteiger partial charge in [0.1, 0.15) is 10.3 Å². The molecule has 0 bridgehead atoms. The van der Waals surface area contributed by atoms with E-state index in [1.165, 1.54) is 7.11 Å². The summed E-state index contributed by atoms with van der Waals surface area (Å²) in [6.07, 6.45) is 0. The van der Waals surface area contributed by atoms with E-state index in [1.54, 1.807) is 0 Å². The molecule has 4 heteroatoms. The monoisotopic (exact) mass is 244 g/mol. The summed E-state index contributed by atoms with van der Waals surface area (Å²) in [5.41, 5.74) is 0.970. The number of esters is 1. The second-order valence-corrected chi connectivity index (χ2v) is 5.01. The van der Waals surface area contributed by atoms with Gasteiger partial charge in [-0.25, -0.2) is 0 Å². The fraction of sp³-hybridized carbons (Fsp3) is 0.364. The van der Waals surface area contributed by atoms with Crippen LogP contribution in [0.5, 0.6) is 0 Å². The smallest absolute Gasteiger partial charge is 0.312 e. The first-order chi connectivity index (χ1) is 7.09. The fourth-order valence-corrected chi connectivity index (χ4v) is 2.63. The molecule has 0 saturated heterocycles. The SMILES string of the molecule is COC(=O)[C@H]1[C@@H](c2ccccc2)C1(Cl)Cl. The van der Waals surface area contributed by atoms with Gasteiger partial charge in [0.2, 0.25) is 0 Å². The van der Waals surface area contributed by atoms with E-state index in [1.807, 2.05) is 30.3 Å². The van der Waals surface area contributed by atoms with Gasteiger partial charge in [-0.05, 0) is 5.56 Å². The first kappa shape index (κ1) is 10.8. The third-order valence-corrected chi connectivity index (χ3v) is 3.61. The Morgan fingerprint density at radius 3 is 2.47 bits per heavy atom. The van der Waals surface area contributed by atoms with Crippen molar-refractivity contribution in [2.75, 3.05) is 7.11 Å². The molecule has 0 heterocycles. The summed E-state index contributed by atoms with van der Waals surface area (Å²) in [5, 5.41) is 0. The van der Waals surface area contributed by atoms with Gasteiger partial charge in [-0.3, -0.25) is 4.79 Å². The van der Waals surface area contributed by atoms with Crippen LogP contribution >= 0.6 is 23.2 Å². The molecule has 0 N–H and O–H groups in total. The summed E-state index contributed by atoms with van der Waals surface area (Å²) in [7, 11) is 1.34. The fourth-order valence-electron chi connectivity index (χ4n) is 1.82. The third kappa shape index (κ3) is 1.72. The molecule has 1 aromatic carbocycles. The standard InChI is InChI=1S/C11H10Cl2O2/c1-15-10(14)9-8(11(9,12)13)7-5-3-2-4-6-7/h2-6,8-9H,1H3/t8-,9-/m1/s1. The molecule has 1 fully saturated rings. The Bertz CT molecular complexity index is 375. The summed E-state index contributed by atoms with van der Waals surface area (Å²) in [5.74, 6) is -0.962. The first-order valence-corrected chi connectivity index (χ1v) is 5.35. The molecule has 15 heavy (non-hydrogen) atoms. The molecule has 0 amide bonds.